The summed E-state index contributed by atoms with van der Waals surface area (Å²) in [6.45, 7) is 4.27. The summed E-state index contributed by atoms with van der Waals surface area (Å²) in [6.07, 6.45) is 4.28. The molecule has 2 N–H and O–H groups in total. The first kappa shape index (κ1) is 10.5. The summed E-state index contributed by atoms with van der Waals surface area (Å²) >= 11 is 0. The first-order valence-electron chi connectivity index (χ1n) is 5.86. The predicted molar refractivity (Wildman–Crippen MR) is 59.0 cm³/mol. The monoisotopic (exact) mass is 209 g/mol. The van der Waals surface area contributed by atoms with Crippen molar-refractivity contribution in [3.8, 4) is 0 Å². The second kappa shape index (κ2) is 3.83. The fraction of sp³-hybridized carbons (Fsp3) is 0.818. The molecular formula is C11H19N3O. The summed E-state index contributed by atoms with van der Waals surface area (Å²) in [5.74, 6) is 0.831. The van der Waals surface area contributed by atoms with E-state index in [1.807, 2.05) is 4.90 Å². The summed E-state index contributed by atoms with van der Waals surface area (Å²) in [5, 5.41) is 10.5. The molecule has 2 fully saturated rings. The van der Waals surface area contributed by atoms with E-state index in [2.05, 4.69) is 19.2 Å². The average Bonchev–Trinajstić information content (AvgIpc) is 2.97. The zero-order chi connectivity index (χ0) is 11.0. The summed E-state index contributed by atoms with van der Waals surface area (Å²) in [5.41, 5.74) is 0. The number of nitrogens with one attached hydrogen (secondary N) is 2. The number of carbonyl (C=O) groups is 1. The Morgan fingerprint density at radius 2 is 2.07 bits per heavy atom. The molecule has 2 amide bonds. The van der Waals surface area contributed by atoms with E-state index >= 15 is 0 Å². The zero-order valence-electron chi connectivity index (χ0n) is 9.42. The number of carbonyl (C=O) groups excluding carboxylic acids is 1. The van der Waals surface area contributed by atoms with E-state index in [0.29, 0.717) is 17.8 Å². The number of amides is 2. The largest absolute Gasteiger partial charge is 0.323 e. The Balaban J connectivity index is 2.18. The van der Waals surface area contributed by atoms with Crippen LogP contribution < -0.4 is 5.32 Å². The molecule has 84 valence electrons. The lowest BCUT2D eigenvalue weighted by Gasteiger charge is -2.28. The van der Waals surface area contributed by atoms with E-state index in [-0.39, 0.29) is 12.1 Å². The van der Waals surface area contributed by atoms with Gasteiger partial charge in [0.2, 0.25) is 0 Å². The highest BCUT2D eigenvalue weighted by atomic mass is 16.2. The SMILES string of the molecule is CCC(CC)C1C(=N)NC(=O)N1C1CC1. The van der Waals surface area contributed by atoms with Crippen LogP contribution in [0.2, 0.25) is 0 Å². The van der Waals surface area contributed by atoms with Gasteiger partial charge in [-0.15, -0.1) is 0 Å². The molecule has 0 radical (unpaired) electrons. The third-order valence-electron chi connectivity index (χ3n) is 3.51. The fourth-order valence-corrected chi connectivity index (χ4v) is 2.46. The molecule has 2 aliphatic rings. The minimum absolute atomic E-state index is 0.0139. The van der Waals surface area contributed by atoms with Crippen LogP contribution in [0.4, 0.5) is 4.79 Å². The van der Waals surface area contributed by atoms with Crippen LogP contribution in [0.1, 0.15) is 39.5 Å². The molecule has 0 aromatic heterocycles. The Hall–Kier alpha value is -1.06. The van der Waals surface area contributed by atoms with Crippen molar-refractivity contribution in [3.05, 3.63) is 0 Å². The summed E-state index contributed by atoms with van der Waals surface area (Å²) in [6, 6.07) is 0.359. The van der Waals surface area contributed by atoms with Gasteiger partial charge in [-0.05, 0) is 18.8 Å². The molecular weight excluding hydrogens is 190 g/mol. The summed E-state index contributed by atoms with van der Waals surface area (Å²) in [4.78, 5) is 13.6. The lowest BCUT2D eigenvalue weighted by Crippen LogP contribution is -2.41. The molecule has 0 aromatic carbocycles. The van der Waals surface area contributed by atoms with Crippen molar-refractivity contribution in [1.29, 1.82) is 5.41 Å². The topological polar surface area (TPSA) is 56.2 Å². The molecule has 1 saturated heterocycles. The molecule has 4 heteroatoms. The van der Waals surface area contributed by atoms with Gasteiger partial charge in [0, 0.05) is 6.04 Å². The van der Waals surface area contributed by atoms with Gasteiger partial charge in [-0.1, -0.05) is 26.7 Å². The molecule has 0 spiro atoms. The van der Waals surface area contributed by atoms with Crippen LogP contribution in [-0.2, 0) is 0 Å². The molecule has 4 nitrogen and oxygen atoms in total. The van der Waals surface area contributed by atoms with Crippen molar-refractivity contribution >= 4 is 11.9 Å². The van der Waals surface area contributed by atoms with E-state index in [9.17, 15) is 4.79 Å². The lowest BCUT2D eigenvalue weighted by atomic mass is 9.93. The minimum atomic E-state index is -0.0561. The number of hydrogen-bond acceptors (Lipinski definition) is 2. The quantitative estimate of drug-likeness (QED) is 0.730. The number of amidine groups is 1. The van der Waals surface area contributed by atoms with E-state index in [4.69, 9.17) is 5.41 Å². The molecule has 0 aromatic rings. The van der Waals surface area contributed by atoms with Crippen LogP contribution in [0.5, 0.6) is 0 Å². The van der Waals surface area contributed by atoms with Gasteiger partial charge in [-0.2, -0.15) is 0 Å². The van der Waals surface area contributed by atoms with Crippen molar-refractivity contribution in [2.24, 2.45) is 5.92 Å². The van der Waals surface area contributed by atoms with Gasteiger partial charge >= 0.3 is 6.03 Å². The number of urea groups is 1. The Bertz CT molecular complexity index is 282. The second-order valence-electron chi connectivity index (χ2n) is 4.50. The highest BCUT2D eigenvalue weighted by Gasteiger charge is 2.46. The molecule has 2 rings (SSSR count). The van der Waals surface area contributed by atoms with Crippen molar-refractivity contribution in [2.45, 2.75) is 51.6 Å². The number of nitrogens with zero attached hydrogens (tertiary/aromatic N) is 1. The molecule has 1 heterocycles. The Kier molecular flexibility index (Phi) is 2.67. The molecule has 1 atom stereocenters. The van der Waals surface area contributed by atoms with E-state index in [1.165, 1.54) is 0 Å². The second-order valence-corrected chi connectivity index (χ2v) is 4.50. The van der Waals surface area contributed by atoms with Gasteiger partial charge in [-0.25, -0.2) is 4.79 Å². The Labute approximate surface area is 90.5 Å². The highest BCUT2D eigenvalue weighted by molar-refractivity contribution is 6.06. The van der Waals surface area contributed by atoms with Crippen molar-refractivity contribution in [3.63, 3.8) is 0 Å². The van der Waals surface area contributed by atoms with Crippen LogP contribution in [0.25, 0.3) is 0 Å². The molecule has 0 bridgehead atoms. The Morgan fingerprint density at radius 1 is 1.47 bits per heavy atom. The Morgan fingerprint density at radius 3 is 2.53 bits per heavy atom. The van der Waals surface area contributed by atoms with E-state index < -0.39 is 0 Å². The van der Waals surface area contributed by atoms with Crippen LogP contribution >= 0.6 is 0 Å². The third kappa shape index (κ3) is 1.73. The average molecular weight is 209 g/mol. The van der Waals surface area contributed by atoms with Gasteiger partial charge in [0.25, 0.3) is 0 Å². The third-order valence-corrected chi connectivity index (χ3v) is 3.51. The predicted octanol–water partition coefficient (Wildman–Crippen LogP) is 1.96. The number of rotatable bonds is 4. The maximum atomic E-state index is 11.7. The fourth-order valence-electron chi connectivity index (χ4n) is 2.46. The van der Waals surface area contributed by atoms with Gasteiger partial charge in [0.15, 0.2) is 0 Å². The van der Waals surface area contributed by atoms with Crippen LogP contribution in [0.15, 0.2) is 0 Å². The molecule has 15 heavy (non-hydrogen) atoms. The van der Waals surface area contributed by atoms with E-state index in [1.54, 1.807) is 0 Å². The molecule has 1 aliphatic carbocycles. The first-order chi connectivity index (χ1) is 7.19. The maximum Gasteiger partial charge on any atom is 0.323 e. The van der Waals surface area contributed by atoms with Crippen molar-refractivity contribution in [1.82, 2.24) is 10.2 Å². The van der Waals surface area contributed by atoms with Crippen molar-refractivity contribution < 1.29 is 4.79 Å². The molecule has 1 unspecified atom stereocenters. The summed E-state index contributed by atoms with van der Waals surface area (Å²) < 4.78 is 0. The normalized spacial score (nSPS) is 26.3. The highest BCUT2D eigenvalue weighted by Crippen LogP contribution is 2.34. The van der Waals surface area contributed by atoms with Gasteiger partial charge in [0.05, 0.1) is 6.04 Å². The zero-order valence-corrected chi connectivity index (χ0v) is 9.42. The van der Waals surface area contributed by atoms with E-state index in [0.717, 1.165) is 25.7 Å². The molecule has 1 saturated carbocycles. The van der Waals surface area contributed by atoms with Crippen molar-refractivity contribution in [2.75, 3.05) is 0 Å². The van der Waals surface area contributed by atoms with Crippen LogP contribution in [0.3, 0.4) is 0 Å². The standard InChI is InChI=1S/C11H19N3O/c1-3-7(4-2)9-10(12)13-11(15)14(9)8-5-6-8/h7-9H,3-6H2,1-2H3,(H2,12,13,15). The van der Waals surface area contributed by atoms with Crippen LogP contribution in [0, 0.1) is 11.3 Å². The van der Waals surface area contributed by atoms with Gasteiger partial charge in [-0.3, -0.25) is 10.7 Å². The van der Waals surface area contributed by atoms with Gasteiger partial charge in [0.1, 0.15) is 5.84 Å². The maximum absolute atomic E-state index is 11.7. The van der Waals surface area contributed by atoms with Gasteiger partial charge < -0.3 is 4.90 Å². The first-order valence-corrected chi connectivity index (χ1v) is 5.86. The summed E-state index contributed by atoms with van der Waals surface area (Å²) in [7, 11) is 0. The smallest absolute Gasteiger partial charge is 0.311 e. The molecule has 1 aliphatic heterocycles. The minimum Gasteiger partial charge on any atom is -0.311 e. The number of hydrogen-bond donors (Lipinski definition) is 2. The van der Waals surface area contributed by atoms with Crippen LogP contribution in [-0.4, -0.2) is 28.9 Å². The lowest BCUT2D eigenvalue weighted by molar-refractivity contribution is 0.183.